The summed E-state index contributed by atoms with van der Waals surface area (Å²) in [6.45, 7) is 6.84. The predicted octanol–water partition coefficient (Wildman–Crippen LogP) is 3.64. The summed E-state index contributed by atoms with van der Waals surface area (Å²) in [6, 6.07) is 2.92. The number of aromatic nitrogens is 3. The van der Waals surface area contributed by atoms with E-state index in [9.17, 15) is 23.2 Å². The Hall–Kier alpha value is -3.57. The van der Waals surface area contributed by atoms with E-state index in [0.29, 0.717) is 5.56 Å². The largest absolute Gasteiger partial charge is 0.444 e. The molecule has 0 unspecified atom stereocenters. The maximum atomic E-state index is 13.8. The number of pyridine rings is 1. The fourth-order valence-electron chi connectivity index (χ4n) is 4.27. The molecular formula is C22H26F2N6O4. The number of fused-ring (bicyclic) bond motifs is 2. The van der Waals surface area contributed by atoms with E-state index in [1.165, 1.54) is 23.0 Å². The summed E-state index contributed by atoms with van der Waals surface area (Å²) >= 11 is 0. The van der Waals surface area contributed by atoms with Crippen LogP contribution in [-0.2, 0) is 10.4 Å². The molecule has 1 aliphatic carbocycles. The Morgan fingerprint density at radius 3 is 2.41 bits per heavy atom. The van der Waals surface area contributed by atoms with Gasteiger partial charge < -0.3 is 15.4 Å². The molecule has 182 valence electrons. The number of alkyl halides is 2. The Kier molecular flexibility index (Phi) is 5.57. The average Bonchev–Trinajstić information content (AvgIpc) is 3.00. The van der Waals surface area contributed by atoms with Crippen LogP contribution in [0.2, 0.25) is 0 Å². The molecule has 0 bridgehead atoms. The van der Waals surface area contributed by atoms with Crippen LogP contribution in [0.3, 0.4) is 0 Å². The molecule has 3 N–H and O–H groups in total. The fraction of sp³-hybridized carbons (Fsp3) is 0.500. The Labute approximate surface area is 194 Å². The third-order valence-electron chi connectivity index (χ3n) is 5.75. The third kappa shape index (κ3) is 4.57. The van der Waals surface area contributed by atoms with Crippen LogP contribution in [0.5, 0.6) is 0 Å². The standard InChI is InChI=1S/C22H26F2N6O4/c1-12-9-13(27-14-10-15(26-11-25-14)28-19(33)34-20(2,3)4)18(32)30-16(12)17(31)29-22(30)7-5-21(23,24)6-8-22/h9-11H,5-8H2,1-4H3,(H,29,31)(H2,25,26,27,28,33). The van der Waals surface area contributed by atoms with Crippen molar-refractivity contribution in [2.45, 2.75) is 70.6 Å². The summed E-state index contributed by atoms with van der Waals surface area (Å²) in [5.74, 6) is -2.93. The molecule has 2 aromatic heterocycles. The summed E-state index contributed by atoms with van der Waals surface area (Å²) < 4.78 is 34.1. The van der Waals surface area contributed by atoms with Gasteiger partial charge in [-0.05, 0) is 52.2 Å². The lowest BCUT2D eigenvalue weighted by Crippen LogP contribution is -2.51. The number of carbonyl (C=O) groups excluding carboxylic acids is 2. The van der Waals surface area contributed by atoms with Crippen molar-refractivity contribution < 1.29 is 23.1 Å². The first-order valence-corrected chi connectivity index (χ1v) is 10.9. The summed E-state index contributed by atoms with van der Waals surface area (Å²) in [5, 5.41) is 8.16. The number of rotatable bonds is 3. The highest BCUT2D eigenvalue weighted by atomic mass is 19.3. The Morgan fingerprint density at radius 1 is 1.12 bits per heavy atom. The zero-order chi connectivity index (χ0) is 24.9. The number of anilines is 3. The second-order valence-corrected chi connectivity index (χ2v) is 9.61. The van der Waals surface area contributed by atoms with E-state index in [1.54, 1.807) is 27.7 Å². The summed E-state index contributed by atoms with van der Waals surface area (Å²) in [4.78, 5) is 46.1. The van der Waals surface area contributed by atoms with Crippen LogP contribution in [0, 0.1) is 6.92 Å². The van der Waals surface area contributed by atoms with Gasteiger partial charge in [-0.2, -0.15) is 0 Å². The summed E-state index contributed by atoms with van der Waals surface area (Å²) in [6.07, 6.45) is -0.477. The van der Waals surface area contributed by atoms with Gasteiger partial charge in [0.2, 0.25) is 5.92 Å². The van der Waals surface area contributed by atoms with Gasteiger partial charge in [0.15, 0.2) is 0 Å². The molecule has 2 aromatic rings. The molecule has 1 saturated carbocycles. The van der Waals surface area contributed by atoms with Gasteiger partial charge in [-0.1, -0.05) is 0 Å². The number of aryl methyl sites for hydroxylation is 1. The molecule has 1 spiro atoms. The molecule has 2 amide bonds. The van der Waals surface area contributed by atoms with Crippen molar-refractivity contribution in [3.05, 3.63) is 40.1 Å². The molecule has 10 nitrogen and oxygen atoms in total. The predicted molar refractivity (Wildman–Crippen MR) is 119 cm³/mol. The first kappa shape index (κ1) is 23.6. The second kappa shape index (κ2) is 8.03. The van der Waals surface area contributed by atoms with Crippen molar-refractivity contribution in [3.63, 3.8) is 0 Å². The van der Waals surface area contributed by atoms with Gasteiger partial charge >= 0.3 is 6.09 Å². The van der Waals surface area contributed by atoms with Crippen molar-refractivity contribution in [2.75, 3.05) is 10.6 Å². The van der Waals surface area contributed by atoms with Crippen LogP contribution in [0.4, 0.5) is 30.9 Å². The molecule has 3 heterocycles. The van der Waals surface area contributed by atoms with E-state index in [1.807, 2.05) is 0 Å². The topological polar surface area (TPSA) is 127 Å². The number of ether oxygens (including phenoxy) is 1. The van der Waals surface area contributed by atoms with Crippen LogP contribution in [-0.4, -0.2) is 38.1 Å². The Bertz CT molecular complexity index is 1210. The molecule has 0 radical (unpaired) electrons. The minimum Gasteiger partial charge on any atom is -0.444 e. The summed E-state index contributed by atoms with van der Waals surface area (Å²) in [5.41, 5.74) is -1.64. The lowest BCUT2D eigenvalue weighted by Gasteiger charge is -2.38. The average molecular weight is 476 g/mol. The van der Waals surface area contributed by atoms with Crippen LogP contribution >= 0.6 is 0 Å². The van der Waals surface area contributed by atoms with E-state index in [2.05, 4.69) is 25.9 Å². The van der Waals surface area contributed by atoms with Crippen molar-refractivity contribution in [1.82, 2.24) is 19.9 Å². The van der Waals surface area contributed by atoms with Gasteiger partial charge in [-0.25, -0.2) is 23.5 Å². The maximum absolute atomic E-state index is 13.8. The molecular weight excluding hydrogens is 450 g/mol. The van der Waals surface area contributed by atoms with Crippen LogP contribution in [0.25, 0.3) is 0 Å². The minimum atomic E-state index is -2.83. The lowest BCUT2D eigenvalue weighted by atomic mass is 9.86. The summed E-state index contributed by atoms with van der Waals surface area (Å²) in [7, 11) is 0. The van der Waals surface area contributed by atoms with E-state index in [4.69, 9.17) is 4.74 Å². The number of nitrogens with zero attached hydrogens (tertiary/aromatic N) is 3. The number of amides is 2. The van der Waals surface area contributed by atoms with Gasteiger partial charge in [0, 0.05) is 18.9 Å². The molecule has 0 atom stereocenters. The maximum Gasteiger partial charge on any atom is 0.413 e. The molecule has 1 fully saturated rings. The third-order valence-corrected chi connectivity index (χ3v) is 5.75. The van der Waals surface area contributed by atoms with Gasteiger partial charge in [0.05, 0.1) is 0 Å². The van der Waals surface area contributed by atoms with Gasteiger partial charge in [-0.15, -0.1) is 0 Å². The lowest BCUT2D eigenvalue weighted by molar-refractivity contribution is -0.0667. The van der Waals surface area contributed by atoms with E-state index < -0.39 is 47.6 Å². The zero-order valence-electron chi connectivity index (χ0n) is 19.3. The molecule has 4 rings (SSSR count). The minimum absolute atomic E-state index is 0.0565. The number of hydrogen-bond donors (Lipinski definition) is 3. The van der Waals surface area contributed by atoms with Crippen LogP contribution in [0.15, 0.2) is 23.3 Å². The van der Waals surface area contributed by atoms with E-state index >= 15 is 0 Å². The number of carbonyl (C=O) groups is 2. The normalized spacial score (nSPS) is 18.2. The number of halogens is 2. The van der Waals surface area contributed by atoms with Crippen molar-refractivity contribution in [2.24, 2.45) is 0 Å². The second-order valence-electron chi connectivity index (χ2n) is 9.61. The van der Waals surface area contributed by atoms with Crippen LogP contribution in [0.1, 0.15) is 62.5 Å². The molecule has 34 heavy (non-hydrogen) atoms. The Balaban J connectivity index is 1.64. The van der Waals surface area contributed by atoms with Crippen molar-refractivity contribution in [1.29, 1.82) is 0 Å². The highest BCUT2D eigenvalue weighted by Gasteiger charge is 2.51. The zero-order valence-corrected chi connectivity index (χ0v) is 19.3. The van der Waals surface area contributed by atoms with Gasteiger partial charge in [0.25, 0.3) is 11.5 Å². The molecule has 2 aliphatic rings. The van der Waals surface area contributed by atoms with Crippen molar-refractivity contribution in [3.8, 4) is 0 Å². The van der Waals surface area contributed by atoms with Gasteiger partial charge in [-0.3, -0.25) is 19.5 Å². The fourth-order valence-corrected chi connectivity index (χ4v) is 4.27. The molecule has 0 aromatic carbocycles. The smallest absolute Gasteiger partial charge is 0.413 e. The van der Waals surface area contributed by atoms with Crippen molar-refractivity contribution >= 4 is 29.3 Å². The van der Waals surface area contributed by atoms with E-state index in [-0.39, 0.29) is 35.9 Å². The molecule has 1 aliphatic heterocycles. The monoisotopic (exact) mass is 476 g/mol. The van der Waals surface area contributed by atoms with Crippen LogP contribution < -0.4 is 21.5 Å². The molecule has 0 saturated heterocycles. The highest BCUT2D eigenvalue weighted by Crippen LogP contribution is 2.43. The highest BCUT2D eigenvalue weighted by molar-refractivity contribution is 5.97. The first-order chi connectivity index (χ1) is 15.8. The van der Waals surface area contributed by atoms with Gasteiger partial charge in [0.1, 0.15) is 40.6 Å². The quantitative estimate of drug-likeness (QED) is 0.617. The Morgan fingerprint density at radius 2 is 1.76 bits per heavy atom. The molecule has 12 heteroatoms. The SMILES string of the molecule is Cc1cc(Nc2cc(NC(=O)OC(C)(C)C)ncn2)c(=O)n2c1C(=O)NC21CCC(F)(F)CC1. The number of nitrogens with one attached hydrogen (secondary N) is 3. The van der Waals surface area contributed by atoms with E-state index in [0.717, 1.165) is 0 Å². The first-order valence-electron chi connectivity index (χ1n) is 10.9. The number of hydrogen-bond acceptors (Lipinski definition) is 7.